The molecular formula is C10H14N2. The average molecular weight is 162 g/mol. The van der Waals surface area contributed by atoms with Gasteiger partial charge in [0, 0.05) is 0 Å². The van der Waals surface area contributed by atoms with E-state index in [9.17, 15) is 0 Å². The molecule has 0 aliphatic heterocycles. The summed E-state index contributed by atoms with van der Waals surface area (Å²) in [5, 5.41) is 8.28. The molecule has 12 heavy (non-hydrogen) atoms. The zero-order chi connectivity index (χ0) is 8.55. The molecule has 0 fully saturated rings. The van der Waals surface area contributed by atoms with Crippen LogP contribution in [0.1, 0.15) is 35.4 Å². The molecule has 1 heterocycles. The minimum atomic E-state index is 1.13. The standard InChI is InChI=1S/C10H14N2/c1-7-9-5-3-4-6-10(9)8(2)12-11-7/h3-6H2,1-2H3. The van der Waals surface area contributed by atoms with E-state index in [2.05, 4.69) is 24.0 Å². The number of aromatic nitrogens is 2. The van der Waals surface area contributed by atoms with Gasteiger partial charge in [-0.05, 0) is 50.7 Å². The second-order valence-corrected chi connectivity index (χ2v) is 3.54. The Bertz CT molecular complexity index is 274. The van der Waals surface area contributed by atoms with Gasteiger partial charge in [0.25, 0.3) is 0 Å². The number of hydrogen-bond acceptors (Lipinski definition) is 2. The predicted octanol–water partition coefficient (Wildman–Crippen LogP) is 1.97. The average Bonchev–Trinajstić information content (AvgIpc) is 2.12. The number of aryl methyl sites for hydroxylation is 2. The van der Waals surface area contributed by atoms with Gasteiger partial charge in [0.15, 0.2) is 0 Å². The molecule has 0 bridgehead atoms. The maximum Gasteiger partial charge on any atom is 0.0635 e. The summed E-state index contributed by atoms with van der Waals surface area (Å²) >= 11 is 0. The smallest absolute Gasteiger partial charge is 0.0635 e. The highest BCUT2D eigenvalue weighted by molar-refractivity contribution is 5.33. The molecule has 2 nitrogen and oxygen atoms in total. The van der Waals surface area contributed by atoms with Crippen LogP contribution in [0.5, 0.6) is 0 Å². The number of rotatable bonds is 0. The van der Waals surface area contributed by atoms with Crippen molar-refractivity contribution in [1.29, 1.82) is 0 Å². The van der Waals surface area contributed by atoms with E-state index in [0.717, 1.165) is 11.4 Å². The monoisotopic (exact) mass is 162 g/mol. The van der Waals surface area contributed by atoms with Crippen LogP contribution in [0.2, 0.25) is 0 Å². The summed E-state index contributed by atoms with van der Waals surface area (Å²) < 4.78 is 0. The Hall–Kier alpha value is -0.920. The molecule has 0 saturated heterocycles. The van der Waals surface area contributed by atoms with Crippen molar-refractivity contribution in [3.05, 3.63) is 22.5 Å². The van der Waals surface area contributed by atoms with Crippen molar-refractivity contribution in [3.8, 4) is 0 Å². The van der Waals surface area contributed by atoms with Gasteiger partial charge in [-0.1, -0.05) is 0 Å². The highest BCUT2D eigenvalue weighted by Crippen LogP contribution is 2.23. The molecule has 0 aromatic carbocycles. The van der Waals surface area contributed by atoms with Gasteiger partial charge in [0.2, 0.25) is 0 Å². The van der Waals surface area contributed by atoms with Gasteiger partial charge in [-0.3, -0.25) is 0 Å². The molecule has 1 aliphatic carbocycles. The Labute approximate surface area is 73.0 Å². The number of nitrogens with zero attached hydrogens (tertiary/aromatic N) is 2. The third-order valence-electron chi connectivity index (χ3n) is 2.69. The van der Waals surface area contributed by atoms with Gasteiger partial charge in [-0.15, -0.1) is 0 Å². The van der Waals surface area contributed by atoms with Crippen molar-refractivity contribution in [2.24, 2.45) is 0 Å². The molecule has 1 aromatic heterocycles. The van der Waals surface area contributed by atoms with Gasteiger partial charge < -0.3 is 0 Å². The quantitative estimate of drug-likeness (QED) is 0.583. The van der Waals surface area contributed by atoms with Crippen molar-refractivity contribution in [2.75, 3.05) is 0 Å². The fraction of sp³-hybridized carbons (Fsp3) is 0.600. The van der Waals surface area contributed by atoms with E-state index < -0.39 is 0 Å². The van der Waals surface area contributed by atoms with E-state index in [1.54, 1.807) is 0 Å². The molecule has 0 N–H and O–H groups in total. The van der Waals surface area contributed by atoms with Crippen LogP contribution in [-0.4, -0.2) is 10.2 Å². The van der Waals surface area contributed by atoms with Crippen LogP contribution in [0.4, 0.5) is 0 Å². The SMILES string of the molecule is Cc1nnc(C)c2c1CCCC2. The lowest BCUT2D eigenvalue weighted by Crippen LogP contribution is -2.10. The van der Waals surface area contributed by atoms with Crippen LogP contribution < -0.4 is 0 Å². The fourth-order valence-electron chi connectivity index (χ4n) is 1.97. The van der Waals surface area contributed by atoms with Crippen molar-refractivity contribution in [1.82, 2.24) is 10.2 Å². The number of hydrogen-bond donors (Lipinski definition) is 0. The van der Waals surface area contributed by atoms with E-state index in [1.165, 1.54) is 36.8 Å². The first-order valence-electron chi connectivity index (χ1n) is 4.60. The molecule has 2 heteroatoms. The predicted molar refractivity (Wildman–Crippen MR) is 48.1 cm³/mol. The molecule has 0 radical (unpaired) electrons. The second kappa shape index (κ2) is 2.85. The summed E-state index contributed by atoms with van der Waals surface area (Å²) in [6, 6.07) is 0. The molecule has 64 valence electrons. The van der Waals surface area contributed by atoms with E-state index in [1.807, 2.05) is 0 Å². The topological polar surface area (TPSA) is 25.8 Å². The minimum Gasteiger partial charge on any atom is -0.155 e. The van der Waals surface area contributed by atoms with Crippen LogP contribution in [0.15, 0.2) is 0 Å². The molecule has 1 aliphatic rings. The third-order valence-corrected chi connectivity index (χ3v) is 2.69. The lowest BCUT2D eigenvalue weighted by Gasteiger charge is -2.17. The summed E-state index contributed by atoms with van der Waals surface area (Å²) in [4.78, 5) is 0. The van der Waals surface area contributed by atoms with E-state index in [4.69, 9.17) is 0 Å². The van der Waals surface area contributed by atoms with Gasteiger partial charge >= 0.3 is 0 Å². The molecule has 2 rings (SSSR count). The molecule has 0 unspecified atom stereocenters. The Kier molecular flexibility index (Phi) is 1.83. The van der Waals surface area contributed by atoms with Crippen LogP contribution >= 0.6 is 0 Å². The number of fused-ring (bicyclic) bond motifs is 1. The lowest BCUT2D eigenvalue weighted by atomic mass is 9.90. The van der Waals surface area contributed by atoms with Crippen molar-refractivity contribution in [3.63, 3.8) is 0 Å². The first-order chi connectivity index (χ1) is 5.79. The summed E-state index contributed by atoms with van der Waals surface area (Å²) in [6.45, 7) is 4.13. The Morgan fingerprint density at radius 2 is 1.25 bits per heavy atom. The van der Waals surface area contributed by atoms with Gasteiger partial charge in [-0.25, -0.2) is 0 Å². The second-order valence-electron chi connectivity index (χ2n) is 3.54. The molecule has 0 spiro atoms. The van der Waals surface area contributed by atoms with Crippen LogP contribution in [0.3, 0.4) is 0 Å². The van der Waals surface area contributed by atoms with E-state index in [-0.39, 0.29) is 0 Å². The summed E-state index contributed by atoms with van der Waals surface area (Å²) in [6.07, 6.45) is 5.05. The molecule has 1 aromatic rings. The van der Waals surface area contributed by atoms with Gasteiger partial charge in [-0.2, -0.15) is 10.2 Å². The zero-order valence-electron chi connectivity index (χ0n) is 7.72. The Morgan fingerprint density at radius 3 is 1.67 bits per heavy atom. The summed E-state index contributed by atoms with van der Waals surface area (Å²) in [7, 11) is 0. The lowest BCUT2D eigenvalue weighted by molar-refractivity contribution is 0.660. The van der Waals surface area contributed by atoms with Crippen molar-refractivity contribution in [2.45, 2.75) is 39.5 Å². The summed E-state index contributed by atoms with van der Waals surface area (Å²) in [5.41, 5.74) is 5.20. The van der Waals surface area contributed by atoms with Crippen molar-refractivity contribution >= 4 is 0 Å². The van der Waals surface area contributed by atoms with Gasteiger partial charge in [0.1, 0.15) is 0 Å². The maximum atomic E-state index is 4.14. The van der Waals surface area contributed by atoms with E-state index in [0.29, 0.717) is 0 Å². The van der Waals surface area contributed by atoms with Gasteiger partial charge in [0.05, 0.1) is 11.4 Å². The highest BCUT2D eigenvalue weighted by Gasteiger charge is 2.14. The third kappa shape index (κ3) is 1.11. The largest absolute Gasteiger partial charge is 0.155 e. The van der Waals surface area contributed by atoms with Crippen LogP contribution in [-0.2, 0) is 12.8 Å². The minimum absolute atomic E-state index is 1.13. The molecule has 0 saturated carbocycles. The Morgan fingerprint density at radius 1 is 0.833 bits per heavy atom. The highest BCUT2D eigenvalue weighted by atomic mass is 15.1. The molecule has 0 atom stereocenters. The zero-order valence-corrected chi connectivity index (χ0v) is 7.72. The molecular weight excluding hydrogens is 148 g/mol. The van der Waals surface area contributed by atoms with E-state index >= 15 is 0 Å². The molecule has 0 amide bonds. The van der Waals surface area contributed by atoms with Crippen LogP contribution in [0, 0.1) is 13.8 Å². The first kappa shape index (κ1) is 7.71. The van der Waals surface area contributed by atoms with Crippen LogP contribution in [0.25, 0.3) is 0 Å². The maximum absolute atomic E-state index is 4.14. The Balaban J connectivity index is 2.57. The fourth-order valence-corrected chi connectivity index (χ4v) is 1.97. The normalized spacial score (nSPS) is 15.8. The summed E-state index contributed by atoms with van der Waals surface area (Å²) in [5.74, 6) is 0. The van der Waals surface area contributed by atoms with Crippen molar-refractivity contribution < 1.29 is 0 Å². The first-order valence-corrected chi connectivity index (χ1v) is 4.60.